The fourth-order valence-corrected chi connectivity index (χ4v) is 1.81. The molecule has 0 bridgehead atoms. The molecule has 0 saturated carbocycles. The number of carbonyl (C=O) groups is 1. The van der Waals surface area contributed by atoms with Gasteiger partial charge in [0.25, 0.3) is 0 Å². The van der Waals surface area contributed by atoms with Crippen LogP contribution in [0.1, 0.15) is 15.9 Å². The summed E-state index contributed by atoms with van der Waals surface area (Å²) in [7, 11) is 0. The van der Waals surface area contributed by atoms with Crippen LogP contribution in [0.5, 0.6) is 0 Å². The van der Waals surface area contributed by atoms with Crippen molar-refractivity contribution in [2.45, 2.75) is 0 Å². The van der Waals surface area contributed by atoms with Gasteiger partial charge in [-0.2, -0.15) is 5.26 Å². The van der Waals surface area contributed by atoms with Crippen molar-refractivity contribution in [2.24, 2.45) is 0 Å². The Morgan fingerprint density at radius 3 is 2.60 bits per heavy atom. The molecule has 6 heteroatoms. The van der Waals surface area contributed by atoms with Crippen LogP contribution in [0.25, 0.3) is 0 Å². The molecule has 0 spiro atoms. The van der Waals surface area contributed by atoms with Crippen LogP contribution < -0.4 is 5.32 Å². The summed E-state index contributed by atoms with van der Waals surface area (Å²) in [4.78, 5) is 10.7. The van der Waals surface area contributed by atoms with E-state index in [1.165, 1.54) is 24.3 Å². The number of nitrogens with one attached hydrogen (secondary N) is 1. The molecule has 0 atom stereocenters. The molecule has 2 rings (SSSR count). The molecule has 2 aromatic carbocycles. The van der Waals surface area contributed by atoms with Gasteiger partial charge in [0.2, 0.25) is 0 Å². The molecule has 2 aromatic rings. The van der Waals surface area contributed by atoms with Gasteiger partial charge in [0.15, 0.2) is 0 Å². The van der Waals surface area contributed by atoms with Gasteiger partial charge < -0.3 is 10.4 Å². The second-order valence-corrected chi connectivity index (χ2v) is 4.34. The van der Waals surface area contributed by atoms with Crippen molar-refractivity contribution in [3.63, 3.8) is 0 Å². The van der Waals surface area contributed by atoms with E-state index in [9.17, 15) is 9.18 Å². The average Bonchev–Trinajstić information content (AvgIpc) is 2.41. The number of benzene rings is 2. The van der Waals surface area contributed by atoms with Crippen LogP contribution in [0.4, 0.5) is 15.8 Å². The van der Waals surface area contributed by atoms with E-state index in [0.717, 1.165) is 6.07 Å². The van der Waals surface area contributed by atoms with Gasteiger partial charge in [-0.1, -0.05) is 11.6 Å². The fourth-order valence-electron chi connectivity index (χ4n) is 1.59. The first-order chi connectivity index (χ1) is 9.51. The molecule has 4 nitrogen and oxygen atoms in total. The summed E-state index contributed by atoms with van der Waals surface area (Å²) in [6, 6.07) is 10.0. The largest absolute Gasteiger partial charge is 0.478 e. The molecule has 0 amide bonds. The molecule has 0 unspecified atom stereocenters. The Bertz CT molecular complexity index is 726. The van der Waals surface area contributed by atoms with Crippen molar-refractivity contribution in [3.05, 3.63) is 58.4 Å². The molecular formula is C14H8ClFN2O2. The Morgan fingerprint density at radius 1 is 1.30 bits per heavy atom. The lowest BCUT2D eigenvalue weighted by molar-refractivity contribution is 0.0696. The smallest absolute Gasteiger partial charge is 0.335 e. The Hall–Kier alpha value is -2.58. The highest BCUT2D eigenvalue weighted by molar-refractivity contribution is 6.32. The quantitative estimate of drug-likeness (QED) is 0.902. The lowest BCUT2D eigenvalue weighted by Crippen LogP contribution is -2.00. The SMILES string of the molecule is N#Cc1ccc(Nc2ccc(C(=O)O)cc2F)cc1Cl. The summed E-state index contributed by atoms with van der Waals surface area (Å²) in [6.45, 7) is 0. The zero-order valence-corrected chi connectivity index (χ0v) is 10.8. The summed E-state index contributed by atoms with van der Waals surface area (Å²) in [6.07, 6.45) is 0. The lowest BCUT2D eigenvalue weighted by atomic mass is 10.2. The molecule has 0 saturated heterocycles. The second-order valence-electron chi connectivity index (χ2n) is 3.93. The first-order valence-electron chi connectivity index (χ1n) is 5.51. The molecule has 100 valence electrons. The molecule has 0 fully saturated rings. The van der Waals surface area contributed by atoms with Gasteiger partial charge in [0, 0.05) is 5.69 Å². The van der Waals surface area contributed by atoms with Gasteiger partial charge in [-0.05, 0) is 36.4 Å². The van der Waals surface area contributed by atoms with Crippen LogP contribution in [0.15, 0.2) is 36.4 Å². The topological polar surface area (TPSA) is 73.1 Å². The van der Waals surface area contributed by atoms with Crippen molar-refractivity contribution < 1.29 is 14.3 Å². The Balaban J connectivity index is 2.29. The Labute approximate surface area is 119 Å². The maximum atomic E-state index is 13.7. The van der Waals surface area contributed by atoms with E-state index >= 15 is 0 Å². The highest BCUT2D eigenvalue weighted by Crippen LogP contribution is 2.25. The van der Waals surface area contributed by atoms with Crippen LogP contribution in [0.2, 0.25) is 5.02 Å². The number of hydrogen-bond donors (Lipinski definition) is 2. The summed E-state index contributed by atoms with van der Waals surface area (Å²) >= 11 is 5.87. The molecule has 0 heterocycles. The predicted octanol–water partition coefficient (Wildman–Crippen LogP) is 3.79. The fraction of sp³-hybridized carbons (Fsp3) is 0. The number of aromatic carboxylic acids is 1. The van der Waals surface area contributed by atoms with Crippen LogP contribution >= 0.6 is 11.6 Å². The summed E-state index contributed by atoms with van der Waals surface area (Å²) < 4.78 is 13.7. The molecule has 0 aliphatic carbocycles. The van der Waals surface area contributed by atoms with Gasteiger partial charge in [-0.25, -0.2) is 9.18 Å². The molecular weight excluding hydrogens is 283 g/mol. The van der Waals surface area contributed by atoms with E-state index in [-0.39, 0.29) is 16.3 Å². The molecule has 0 radical (unpaired) electrons. The number of carboxylic acids is 1. The number of carboxylic acid groups (broad SMARTS) is 1. The van der Waals surface area contributed by atoms with Gasteiger partial charge in [-0.15, -0.1) is 0 Å². The highest BCUT2D eigenvalue weighted by Gasteiger charge is 2.09. The molecule has 0 aliphatic rings. The normalized spacial score (nSPS) is 9.85. The third-order valence-corrected chi connectivity index (χ3v) is 2.90. The van der Waals surface area contributed by atoms with Crippen LogP contribution in [-0.4, -0.2) is 11.1 Å². The van der Waals surface area contributed by atoms with E-state index in [1.54, 1.807) is 6.07 Å². The number of halogens is 2. The number of nitriles is 1. The molecule has 2 N–H and O–H groups in total. The Morgan fingerprint density at radius 2 is 2.05 bits per heavy atom. The summed E-state index contributed by atoms with van der Waals surface area (Å²) in [5.41, 5.74) is 0.802. The molecule has 20 heavy (non-hydrogen) atoms. The standard InChI is InChI=1S/C14H8ClFN2O2/c15-11-6-10(3-1-9(11)7-17)18-13-4-2-8(14(19)20)5-12(13)16/h1-6,18H,(H,19,20). The minimum atomic E-state index is -1.20. The minimum Gasteiger partial charge on any atom is -0.478 e. The second kappa shape index (κ2) is 5.59. The van der Waals surface area contributed by atoms with Crippen molar-refractivity contribution in [1.82, 2.24) is 0 Å². The number of rotatable bonds is 3. The van der Waals surface area contributed by atoms with Crippen molar-refractivity contribution in [2.75, 3.05) is 5.32 Å². The third kappa shape index (κ3) is 2.87. The van der Waals surface area contributed by atoms with Gasteiger partial charge >= 0.3 is 5.97 Å². The molecule has 0 aliphatic heterocycles. The van der Waals surface area contributed by atoms with Gasteiger partial charge in [-0.3, -0.25) is 0 Å². The Kier molecular flexibility index (Phi) is 3.87. The molecule has 0 aromatic heterocycles. The predicted molar refractivity (Wildman–Crippen MR) is 72.8 cm³/mol. The van der Waals surface area contributed by atoms with E-state index in [0.29, 0.717) is 11.3 Å². The maximum absolute atomic E-state index is 13.7. The first kappa shape index (κ1) is 13.8. The lowest BCUT2D eigenvalue weighted by Gasteiger charge is -2.09. The first-order valence-corrected chi connectivity index (χ1v) is 5.88. The monoisotopic (exact) mass is 290 g/mol. The van der Waals surface area contributed by atoms with Crippen LogP contribution in [0, 0.1) is 17.1 Å². The van der Waals surface area contributed by atoms with E-state index in [4.69, 9.17) is 22.0 Å². The summed E-state index contributed by atoms with van der Waals surface area (Å²) in [5.74, 6) is -1.89. The average molecular weight is 291 g/mol. The van der Waals surface area contributed by atoms with Gasteiger partial charge in [0.1, 0.15) is 11.9 Å². The summed E-state index contributed by atoms with van der Waals surface area (Å²) in [5, 5.41) is 20.5. The van der Waals surface area contributed by atoms with Crippen molar-refractivity contribution >= 4 is 28.9 Å². The number of anilines is 2. The number of hydrogen-bond acceptors (Lipinski definition) is 3. The van der Waals surface area contributed by atoms with E-state index < -0.39 is 11.8 Å². The zero-order chi connectivity index (χ0) is 14.7. The third-order valence-electron chi connectivity index (χ3n) is 2.58. The van der Waals surface area contributed by atoms with Crippen molar-refractivity contribution in [3.8, 4) is 6.07 Å². The minimum absolute atomic E-state index is 0.121. The van der Waals surface area contributed by atoms with E-state index in [2.05, 4.69) is 5.32 Å². The van der Waals surface area contributed by atoms with Crippen LogP contribution in [-0.2, 0) is 0 Å². The zero-order valence-electron chi connectivity index (χ0n) is 10.0. The number of nitrogens with zero attached hydrogens (tertiary/aromatic N) is 1. The maximum Gasteiger partial charge on any atom is 0.335 e. The van der Waals surface area contributed by atoms with E-state index in [1.807, 2.05) is 6.07 Å². The van der Waals surface area contributed by atoms with Crippen LogP contribution in [0.3, 0.4) is 0 Å². The van der Waals surface area contributed by atoms with Gasteiger partial charge in [0.05, 0.1) is 21.8 Å². The highest BCUT2D eigenvalue weighted by atomic mass is 35.5. The van der Waals surface area contributed by atoms with Crippen molar-refractivity contribution in [1.29, 1.82) is 5.26 Å².